The molecule has 2 aromatic carbocycles. The van der Waals surface area contributed by atoms with Crippen LogP contribution in [0.3, 0.4) is 0 Å². The second-order valence-electron chi connectivity index (χ2n) is 6.16. The summed E-state index contributed by atoms with van der Waals surface area (Å²) in [6, 6.07) is 7.66. The molecule has 0 saturated carbocycles. The third-order valence-corrected chi connectivity index (χ3v) is 5.16. The van der Waals surface area contributed by atoms with Crippen LogP contribution in [0.5, 0.6) is 5.75 Å². The van der Waals surface area contributed by atoms with Gasteiger partial charge in [0.15, 0.2) is 0 Å². The molecule has 0 aromatic heterocycles. The number of halogens is 2. The van der Waals surface area contributed by atoms with Gasteiger partial charge >= 0.3 is 5.97 Å². The number of aryl methyl sites for hydroxylation is 3. The summed E-state index contributed by atoms with van der Waals surface area (Å²) < 4.78 is 11.5. The summed E-state index contributed by atoms with van der Waals surface area (Å²) in [4.78, 5) is 12.0. The van der Waals surface area contributed by atoms with Crippen molar-refractivity contribution in [2.75, 3.05) is 25.6 Å². The molecular formula is C20H23BrClNO3. The molecule has 26 heavy (non-hydrogen) atoms. The lowest BCUT2D eigenvalue weighted by Gasteiger charge is -2.14. The van der Waals surface area contributed by atoms with Gasteiger partial charge in [0.25, 0.3) is 0 Å². The molecule has 0 atom stereocenters. The first-order valence-electron chi connectivity index (χ1n) is 8.35. The summed E-state index contributed by atoms with van der Waals surface area (Å²) in [5, 5.41) is 4.07. The average molecular weight is 441 g/mol. The molecule has 0 aliphatic carbocycles. The van der Waals surface area contributed by atoms with E-state index in [1.54, 1.807) is 0 Å². The lowest BCUT2D eigenvalue weighted by Crippen LogP contribution is -2.12. The van der Waals surface area contributed by atoms with Gasteiger partial charge in [-0.2, -0.15) is 0 Å². The zero-order chi connectivity index (χ0) is 19.3. The number of ether oxygens (including phenoxy) is 2. The number of hydrogen-bond acceptors (Lipinski definition) is 4. The monoisotopic (exact) mass is 439 g/mol. The third kappa shape index (κ3) is 5.15. The number of benzene rings is 2. The Morgan fingerprint density at radius 2 is 1.81 bits per heavy atom. The Morgan fingerprint density at radius 3 is 2.42 bits per heavy atom. The normalized spacial score (nSPS) is 10.5. The van der Waals surface area contributed by atoms with Crippen molar-refractivity contribution < 1.29 is 14.3 Å². The zero-order valence-corrected chi connectivity index (χ0v) is 17.8. The van der Waals surface area contributed by atoms with Gasteiger partial charge < -0.3 is 14.8 Å². The van der Waals surface area contributed by atoms with Gasteiger partial charge in [-0.3, -0.25) is 0 Å². The van der Waals surface area contributed by atoms with E-state index in [4.69, 9.17) is 21.1 Å². The molecular weight excluding hydrogens is 418 g/mol. The summed E-state index contributed by atoms with van der Waals surface area (Å²) in [5.41, 5.74) is 4.25. The minimum Gasteiger partial charge on any atom is -0.494 e. The first-order valence-corrected chi connectivity index (χ1v) is 9.52. The van der Waals surface area contributed by atoms with Crippen LogP contribution in [0, 0.1) is 20.8 Å². The maximum Gasteiger partial charge on any atom is 0.340 e. The predicted molar refractivity (Wildman–Crippen MR) is 110 cm³/mol. The number of rotatable bonds is 7. The van der Waals surface area contributed by atoms with E-state index in [0.29, 0.717) is 18.7 Å². The number of carbonyl (C=O) groups excluding carboxylic acids is 1. The van der Waals surface area contributed by atoms with E-state index in [1.165, 1.54) is 7.11 Å². The first-order chi connectivity index (χ1) is 12.3. The van der Waals surface area contributed by atoms with Crippen molar-refractivity contribution in [1.29, 1.82) is 0 Å². The van der Waals surface area contributed by atoms with Gasteiger partial charge in [0.05, 0.1) is 25.0 Å². The van der Waals surface area contributed by atoms with Gasteiger partial charge in [-0.05, 0) is 84.1 Å². The minimum atomic E-state index is -0.361. The molecule has 2 aromatic rings. The van der Waals surface area contributed by atoms with Crippen LogP contribution in [0.2, 0.25) is 5.02 Å². The summed E-state index contributed by atoms with van der Waals surface area (Å²) >= 11 is 9.68. The Bertz CT molecular complexity index is 785. The van der Waals surface area contributed by atoms with Crippen molar-refractivity contribution in [2.45, 2.75) is 27.2 Å². The van der Waals surface area contributed by atoms with Crippen molar-refractivity contribution >= 4 is 39.2 Å². The molecule has 1 N–H and O–H groups in total. The molecule has 4 nitrogen and oxygen atoms in total. The Kier molecular flexibility index (Phi) is 7.35. The van der Waals surface area contributed by atoms with Crippen LogP contribution in [0.4, 0.5) is 5.69 Å². The predicted octanol–water partition coefficient (Wildman–Crippen LogP) is 5.70. The lowest BCUT2D eigenvalue weighted by molar-refractivity contribution is 0.0601. The Labute approximate surface area is 168 Å². The van der Waals surface area contributed by atoms with Gasteiger partial charge in [0.2, 0.25) is 0 Å². The Hall–Kier alpha value is -1.72. The molecule has 0 saturated heterocycles. The molecule has 0 aliphatic rings. The second-order valence-corrected chi connectivity index (χ2v) is 7.39. The first kappa shape index (κ1) is 20.6. The molecule has 0 amide bonds. The van der Waals surface area contributed by atoms with Crippen LogP contribution in [-0.2, 0) is 4.74 Å². The molecule has 0 aliphatic heterocycles. The topological polar surface area (TPSA) is 47.6 Å². The summed E-state index contributed by atoms with van der Waals surface area (Å²) in [6.45, 7) is 7.09. The van der Waals surface area contributed by atoms with E-state index in [9.17, 15) is 4.79 Å². The van der Waals surface area contributed by atoms with Gasteiger partial charge in [-0.1, -0.05) is 11.6 Å². The average Bonchev–Trinajstić information content (AvgIpc) is 2.59. The number of carbonyl (C=O) groups is 1. The van der Waals surface area contributed by atoms with E-state index >= 15 is 0 Å². The molecule has 6 heteroatoms. The molecule has 0 unspecified atom stereocenters. The van der Waals surface area contributed by atoms with E-state index in [1.807, 2.05) is 45.0 Å². The van der Waals surface area contributed by atoms with Crippen LogP contribution in [0.1, 0.15) is 33.5 Å². The molecule has 2 rings (SSSR count). The van der Waals surface area contributed by atoms with E-state index in [0.717, 1.165) is 44.0 Å². The fourth-order valence-electron chi connectivity index (χ4n) is 2.66. The van der Waals surface area contributed by atoms with Crippen molar-refractivity contribution in [2.24, 2.45) is 0 Å². The van der Waals surface area contributed by atoms with Crippen molar-refractivity contribution in [1.82, 2.24) is 0 Å². The Morgan fingerprint density at radius 1 is 1.15 bits per heavy atom. The quantitative estimate of drug-likeness (QED) is 0.443. The molecule has 0 spiro atoms. The van der Waals surface area contributed by atoms with Gasteiger partial charge in [0.1, 0.15) is 5.75 Å². The Balaban J connectivity index is 1.93. The number of esters is 1. The highest BCUT2D eigenvalue weighted by Crippen LogP contribution is 2.29. The summed E-state index contributed by atoms with van der Waals surface area (Å²) in [6.07, 6.45) is 0.779. The van der Waals surface area contributed by atoms with Crippen molar-refractivity contribution in [3.63, 3.8) is 0 Å². The highest BCUT2D eigenvalue weighted by molar-refractivity contribution is 9.10. The van der Waals surface area contributed by atoms with Crippen LogP contribution >= 0.6 is 27.5 Å². The van der Waals surface area contributed by atoms with Crippen molar-refractivity contribution in [3.05, 3.63) is 56.0 Å². The number of methoxy groups -OCH3 is 1. The standard InChI is InChI=1S/C20H23BrClNO3/c1-12-8-16(20(24)25-4)19(17(21)9-12)23-6-5-7-26-15-10-13(2)18(22)14(3)11-15/h8-11,23H,5-7H2,1-4H3. The minimum absolute atomic E-state index is 0.361. The van der Waals surface area contributed by atoms with Gasteiger partial charge in [-0.25, -0.2) is 4.79 Å². The smallest absolute Gasteiger partial charge is 0.340 e. The third-order valence-electron chi connectivity index (χ3n) is 3.94. The molecule has 0 radical (unpaired) electrons. The van der Waals surface area contributed by atoms with Crippen LogP contribution in [0.15, 0.2) is 28.7 Å². The largest absolute Gasteiger partial charge is 0.494 e. The molecule has 0 fully saturated rings. The highest BCUT2D eigenvalue weighted by Gasteiger charge is 2.15. The SMILES string of the molecule is COC(=O)c1cc(C)cc(Br)c1NCCCOc1cc(C)c(Cl)c(C)c1. The lowest BCUT2D eigenvalue weighted by atomic mass is 10.1. The van der Waals surface area contributed by atoms with Crippen LogP contribution in [0.25, 0.3) is 0 Å². The summed E-state index contributed by atoms with van der Waals surface area (Å²) in [5.74, 6) is 0.455. The van der Waals surface area contributed by atoms with Crippen LogP contribution in [-0.4, -0.2) is 26.2 Å². The fourth-order valence-corrected chi connectivity index (χ4v) is 3.48. The van der Waals surface area contributed by atoms with E-state index in [-0.39, 0.29) is 5.97 Å². The second kappa shape index (κ2) is 9.28. The van der Waals surface area contributed by atoms with Gasteiger partial charge in [0, 0.05) is 16.0 Å². The van der Waals surface area contributed by atoms with Gasteiger partial charge in [-0.15, -0.1) is 0 Å². The maximum atomic E-state index is 12.0. The van der Waals surface area contributed by atoms with Crippen LogP contribution < -0.4 is 10.1 Å². The highest BCUT2D eigenvalue weighted by atomic mass is 79.9. The van der Waals surface area contributed by atoms with E-state index < -0.39 is 0 Å². The molecule has 140 valence electrons. The number of nitrogens with one attached hydrogen (secondary N) is 1. The van der Waals surface area contributed by atoms with E-state index in [2.05, 4.69) is 21.2 Å². The van der Waals surface area contributed by atoms with Crippen molar-refractivity contribution in [3.8, 4) is 5.75 Å². The fraction of sp³-hybridized carbons (Fsp3) is 0.350. The maximum absolute atomic E-state index is 12.0. The number of hydrogen-bond donors (Lipinski definition) is 1. The molecule has 0 heterocycles. The molecule has 0 bridgehead atoms. The summed E-state index contributed by atoms with van der Waals surface area (Å²) in [7, 11) is 1.38. The number of anilines is 1. The zero-order valence-electron chi connectivity index (χ0n) is 15.4.